The van der Waals surface area contributed by atoms with Gasteiger partial charge in [-0.1, -0.05) is 24.3 Å². The van der Waals surface area contributed by atoms with Crippen LogP contribution in [0.1, 0.15) is 5.56 Å². The molecule has 3 rings (SSSR count). The number of hydrogen-bond donors (Lipinski definition) is 1. The largest absolute Gasteiger partial charge is 0.329 e. The van der Waals surface area contributed by atoms with E-state index in [4.69, 9.17) is 5.73 Å². The minimum Gasteiger partial charge on any atom is -0.329 e. The average Bonchev–Trinajstić information content (AvgIpc) is 2.65. The number of pyridine rings is 1. The molecule has 0 unspecified atom stereocenters. The highest BCUT2D eigenvalue weighted by atomic mass is 32.2. The Bertz CT molecular complexity index is 986. The Morgan fingerprint density at radius 2 is 1.81 bits per heavy atom. The van der Waals surface area contributed by atoms with Crippen LogP contribution in [0.15, 0.2) is 65.8 Å². The summed E-state index contributed by atoms with van der Waals surface area (Å²) in [6.45, 7) is 0.701. The minimum absolute atomic E-state index is 0.213. The van der Waals surface area contributed by atoms with Crippen LogP contribution in [0.3, 0.4) is 0 Å². The van der Waals surface area contributed by atoms with Crippen LogP contribution < -0.4 is 5.73 Å². The first-order valence-electron chi connectivity index (χ1n) is 8.30. The van der Waals surface area contributed by atoms with Crippen molar-refractivity contribution in [3.05, 3.63) is 72.3 Å². The molecular formula is C19H20FN3O2S. The second-order valence-electron chi connectivity index (χ2n) is 5.92. The highest BCUT2D eigenvalue weighted by molar-refractivity contribution is 7.89. The van der Waals surface area contributed by atoms with Gasteiger partial charge in [0.05, 0.1) is 4.90 Å². The quantitative estimate of drug-likeness (QED) is 0.691. The summed E-state index contributed by atoms with van der Waals surface area (Å²) in [4.78, 5) is 4.28. The van der Waals surface area contributed by atoms with Gasteiger partial charge < -0.3 is 5.73 Å². The standard InChI is InChI=1S/C19H20FN3O2S/c20-17-6-4-15(5-7-17)9-12-23(13-10-21)26(24,25)19-3-1-2-16-14-22-11-8-18(16)19/h1-8,11,14H,9-10,12-13,21H2. The lowest BCUT2D eigenvalue weighted by atomic mass is 10.1. The van der Waals surface area contributed by atoms with E-state index in [1.807, 2.05) is 6.07 Å². The molecule has 0 fully saturated rings. The van der Waals surface area contributed by atoms with Crippen molar-refractivity contribution < 1.29 is 12.8 Å². The van der Waals surface area contributed by atoms with Crippen LogP contribution >= 0.6 is 0 Å². The summed E-state index contributed by atoms with van der Waals surface area (Å²) in [5.41, 5.74) is 6.51. The van der Waals surface area contributed by atoms with Crippen LogP contribution in [0, 0.1) is 5.82 Å². The maximum absolute atomic E-state index is 13.2. The number of rotatable bonds is 7. The van der Waals surface area contributed by atoms with Crippen LogP contribution in [0.5, 0.6) is 0 Å². The Hall–Kier alpha value is -2.35. The summed E-state index contributed by atoms with van der Waals surface area (Å²) in [7, 11) is -3.72. The van der Waals surface area contributed by atoms with Gasteiger partial charge in [0.25, 0.3) is 0 Å². The summed E-state index contributed by atoms with van der Waals surface area (Å²) in [6, 6.07) is 12.9. The molecule has 0 aliphatic carbocycles. The minimum atomic E-state index is -3.72. The lowest BCUT2D eigenvalue weighted by Crippen LogP contribution is -2.37. The molecule has 2 N–H and O–H groups in total. The molecule has 0 spiro atoms. The van der Waals surface area contributed by atoms with Gasteiger partial charge in [0.2, 0.25) is 10.0 Å². The number of nitrogens with zero attached hydrogens (tertiary/aromatic N) is 2. The van der Waals surface area contributed by atoms with Crippen molar-refractivity contribution in [1.29, 1.82) is 0 Å². The van der Waals surface area contributed by atoms with E-state index in [9.17, 15) is 12.8 Å². The first-order valence-corrected chi connectivity index (χ1v) is 9.74. The van der Waals surface area contributed by atoms with Crippen LogP contribution in [-0.2, 0) is 16.4 Å². The normalized spacial score (nSPS) is 12.0. The van der Waals surface area contributed by atoms with E-state index in [-0.39, 0.29) is 30.3 Å². The fourth-order valence-corrected chi connectivity index (χ4v) is 4.53. The van der Waals surface area contributed by atoms with Crippen LogP contribution in [-0.4, -0.2) is 37.3 Å². The molecule has 0 amide bonds. The van der Waals surface area contributed by atoms with Crippen molar-refractivity contribution in [2.24, 2.45) is 5.73 Å². The first kappa shape index (κ1) is 18.4. The highest BCUT2D eigenvalue weighted by Gasteiger charge is 2.25. The van der Waals surface area contributed by atoms with Crippen molar-refractivity contribution in [3.63, 3.8) is 0 Å². The van der Waals surface area contributed by atoms with E-state index in [0.29, 0.717) is 11.8 Å². The number of aromatic nitrogens is 1. The van der Waals surface area contributed by atoms with Gasteiger partial charge in [0.15, 0.2) is 0 Å². The molecule has 0 radical (unpaired) electrons. The van der Waals surface area contributed by atoms with Gasteiger partial charge in [-0.05, 0) is 36.2 Å². The summed E-state index contributed by atoms with van der Waals surface area (Å²) in [6.07, 6.45) is 3.69. The van der Waals surface area contributed by atoms with Crippen molar-refractivity contribution in [2.45, 2.75) is 11.3 Å². The van der Waals surface area contributed by atoms with Gasteiger partial charge in [-0.2, -0.15) is 4.31 Å². The molecule has 0 aliphatic heterocycles. The molecule has 7 heteroatoms. The fraction of sp³-hybridized carbons (Fsp3) is 0.211. The Morgan fingerprint density at radius 3 is 2.54 bits per heavy atom. The number of hydrogen-bond acceptors (Lipinski definition) is 4. The summed E-state index contributed by atoms with van der Waals surface area (Å²) < 4.78 is 40.8. The van der Waals surface area contributed by atoms with E-state index < -0.39 is 10.0 Å². The maximum Gasteiger partial charge on any atom is 0.243 e. The number of halogens is 1. The molecule has 1 aromatic heterocycles. The van der Waals surface area contributed by atoms with E-state index in [1.165, 1.54) is 16.4 Å². The van der Waals surface area contributed by atoms with Gasteiger partial charge in [0.1, 0.15) is 5.82 Å². The molecule has 0 atom stereocenters. The Labute approximate surface area is 152 Å². The molecular weight excluding hydrogens is 353 g/mol. The number of nitrogens with two attached hydrogens (primary N) is 1. The third-order valence-corrected chi connectivity index (χ3v) is 6.16. The molecule has 0 saturated carbocycles. The van der Waals surface area contributed by atoms with Gasteiger partial charge in [-0.15, -0.1) is 0 Å². The molecule has 0 aliphatic rings. The number of benzene rings is 2. The Balaban J connectivity index is 1.91. The fourth-order valence-electron chi connectivity index (χ4n) is 2.86. The molecule has 136 valence electrons. The predicted molar refractivity (Wildman–Crippen MR) is 99.7 cm³/mol. The highest BCUT2D eigenvalue weighted by Crippen LogP contribution is 2.25. The summed E-state index contributed by atoms with van der Waals surface area (Å²) in [5.74, 6) is -0.315. The van der Waals surface area contributed by atoms with Gasteiger partial charge >= 0.3 is 0 Å². The van der Waals surface area contributed by atoms with E-state index in [0.717, 1.165) is 10.9 Å². The van der Waals surface area contributed by atoms with Gasteiger partial charge in [-0.3, -0.25) is 4.98 Å². The van der Waals surface area contributed by atoms with Crippen molar-refractivity contribution in [1.82, 2.24) is 9.29 Å². The Morgan fingerprint density at radius 1 is 1.04 bits per heavy atom. The van der Waals surface area contributed by atoms with Crippen LogP contribution in [0.2, 0.25) is 0 Å². The van der Waals surface area contributed by atoms with Crippen LogP contribution in [0.25, 0.3) is 10.8 Å². The Kier molecular flexibility index (Phi) is 5.61. The monoisotopic (exact) mass is 373 g/mol. The topological polar surface area (TPSA) is 76.3 Å². The third kappa shape index (κ3) is 3.90. The maximum atomic E-state index is 13.2. The van der Waals surface area contributed by atoms with E-state index >= 15 is 0 Å². The number of fused-ring (bicyclic) bond motifs is 1. The molecule has 0 saturated heterocycles. The third-order valence-electron chi connectivity index (χ3n) is 4.20. The molecule has 5 nitrogen and oxygen atoms in total. The number of sulfonamides is 1. The zero-order chi connectivity index (χ0) is 18.6. The first-order chi connectivity index (χ1) is 12.5. The summed E-state index contributed by atoms with van der Waals surface area (Å²) in [5, 5.41) is 1.39. The average molecular weight is 373 g/mol. The second kappa shape index (κ2) is 7.90. The van der Waals surface area contributed by atoms with Crippen molar-refractivity contribution in [2.75, 3.05) is 19.6 Å². The second-order valence-corrected chi connectivity index (χ2v) is 7.83. The zero-order valence-electron chi connectivity index (χ0n) is 14.2. The van der Waals surface area contributed by atoms with E-state index in [1.54, 1.807) is 42.7 Å². The zero-order valence-corrected chi connectivity index (χ0v) is 15.0. The molecule has 0 bridgehead atoms. The molecule has 26 heavy (non-hydrogen) atoms. The smallest absolute Gasteiger partial charge is 0.243 e. The van der Waals surface area contributed by atoms with Gasteiger partial charge in [-0.25, -0.2) is 12.8 Å². The predicted octanol–water partition coefficient (Wildman–Crippen LogP) is 2.57. The molecule has 3 aromatic rings. The molecule has 1 heterocycles. The lowest BCUT2D eigenvalue weighted by molar-refractivity contribution is 0.422. The summed E-state index contributed by atoms with van der Waals surface area (Å²) >= 11 is 0. The van der Waals surface area contributed by atoms with Gasteiger partial charge in [0, 0.05) is 42.8 Å². The van der Waals surface area contributed by atoms with Crippen molar-refractivity contribution in [3.8, 4) is 0 Å². The molecule has 2 aromatic carbocycles. The lowest BCUT2D eigenvalue weighted by Gasteiger charge is -2.22. The SMILES string of the molecule is NCCN(CCc1ccc(F)cc1)S(=O)(=O)c1cccc2cnccc12. The van der Waals surface area contributed by atoms with Crippen molar-refractivity contribution >= 4 is 20.8 Å². The van der Waals surface area contributed by atoms with Crippen LogP contribution in [0.4, 0.5) is 4.39 Å². The van der Waals surface area contributed by atoms with E-state index in [2.05, 4.69) is 4.98 Å².